The molecule has 4 nitrogen and oxygen atoms in total. The maximum atomic E-state index is 9.75. The van der Waals surface area contributed by atoms with Crippen molar-refractivity contribution in [2.24, 2.45) is 7.05 Å². The van der Waals surface area contributed by atoms with Crippen LogP contribution in [0.5, 0.6) is 0 Å². The molecule has 0 amide bonds. The van der Waals surface area contributed by atoms with Gasteiger partial charge in [0.2, 0.25) is 6.33 Å². The number of nitrogens with zero attached hydrogens (tertiary/aromatic N) is 2. The highest BCUT2D eigenvalue weighted by molar-refractivity contribution is 6.50. The lowest BCUT2D eigenvalue weighted by Gasteiger charge is -2.01. The first-order valence-electron chi connectivity index (χ1n) is 4.39. The molecule has 0 aliphatic rings. The van der Waals surface area contributed by atoms with Crippen molar-refractivity contribution in [3.63, 3.8) is 0 Å². The highest BCUT2D eigenvalue weighted by Gasteiger charge is 2.20. The largest absolute Gasteiger partial charge is 0.673 e. The van der Waals surface area contributed by atoms with Gasteiger partial charge in [0.1, 0.15) is 25.0 Å². The van der Waals surface area contributed by atoms with E-state index in [9.17, 15) is 17.3 Å². The predicted molar refractivity (Wildman–Crippen MR) is 48.9 cm³/mol. The van der Waals surface area contributed by atoms with Gasteiger partial charge >= 0.3 is 7.25 Å². The molecular weight excluding hydrogens is 231 g/mol. The van der Waals surface area contributed by atoms with E-state index >= 15 is 0 Å². The molecule has 0 bridgehead atoms. The van der Waals surface area contributed by atoms with Gasteiger partial charge in [-0.2, -0.15) is 0 Å². The molecule has 0 spiro atoms. The van der Waals surface area contributed by atoms with Gasteiger partial charge in [-0.3, -0.25) is 0 Å². The average Bonchev–Trinajstić information content (AvgIpc) is 2.48. The number of aryl methyl sites for hydroxylation is 1. The Morgan fingerprint density at radius 2 is 1.88 bits per heavy atom. The third-order valence-electron chi connectivity index (χ3n) is 1.46. The van der Waals surface area contributed by atoms with Gasteiger partial charge in [-0.05, 0) is 0 Å². The third kappa shape index (κ3) is 9.47. The smallest absolute Gasteiger partial charge is 0.418 e. The fourth-order valence-electron chi connectivity index (χ4n) is 0.911. The summed E-state index contributed by atoms with van der Waals surface area (Å²) in [5.74, 6) is 0. The highest BCUT2D eigenvalue weighted by atomic mass is 19.5. The zero-order valence-corrected chi connectivity index (χ0v) is 8.60. The lowest BCUT2D eigenvalue weighted by Crippen LogP contribution is -2.25. The topological polar surface area (TPSA) is 49.3 Å². The van der Waals surface area contributed by atoms with E-state index < -0.39 is 13.4 Å². The summed E-state index contributed by atoms with van der Waals surface area (Å²) in [5, 5.41) is 17.6. The van der Waals surface area contributed by atoms with Crippen LogP contribution in [0.3, 0.4) is 0 Å². The maximum Gasteiger partial charge on any atom is 0.673 e. The molecule has 0 radical (unpaired) electrons. The Balaban J connectivity index is 0.000000385. The lowest BCUT2D eigenvalue weighted by atomic mass is 10.3. The number of hydrogen-bond acceptors (Lipinski definition) is 2. The van der Waals surface area contributed by atoms with Crippen LogP contribution >= 0.6 is 0 Å². The molecule has 16 heavy (non-hydrogen) atoms. The molecule has 9 heteroatoms. The Morgan fingerprint density at radius 1 is 1.38 bits per heavy atom. The molecule has 1 aromatic rings. The van der Waals surface area contributed by atoms with Gasteiger partial charge in [0, 0.05) is 0 Å². The molecular formula is C7H13BF4N2O2. The summed E-state index contributed by atoms with van der Waals surface area (Å²) < 4.78 is 42.7. The summed E-state index contributed by atoms with van der Waals surface area (Å²) in [4.78, 5) is 0. The standard InChI is InChI=1S/C7H13N2O2.BF4/c1-8-2-3-9(6-8)4-7(11)5-10;2-1(3,4)5/h2-3,6-7,10-11H,4-5H2,1H3;/q+1;-1. The Kier molecular flexibility index (Phi) is 6.05. The van der Waals surface area contributed by atoms with Gasteiger partial charge in [-0.1, -0.05) is 0 Å². The summed E-state index contributed by atoms with van der Waals surface area (Å²) in [6, 6.07) is 0. The SMILES string of the molecule is C[n+]1ccn(CC(O)CO)c1.F[B-](F)(F)F. The molecule has 0 aliphatic heterocycles. The van der Waals surface area contributed by atoms with Gasteiger partial charge in [0.25, 0.3) is 0 Å². The summed E-state index contributed by atoms with van der Waals surface area (Å²) in [6.45, 7) is 0.249. The van der Waals surface area contributed by atoms with E-state index in [0.29, 0.717) is 6.54 Å². The quantitative estimate of drug-likeness (QED) is 0.445. The first-order chi connectivity index (χ1) is 7.22. The number of rotatable bonds is 3. The second-order valence-corrected chi connectivity index (χ2v) is 3.11. The van der Waals surface area contributed by atoms with Gasteiger partial charge in [0.15, 0.2) is 0 Å². The second-order valence-electron chi connectivity index (χ2n) is 3.11. The zero-order chi connectivity index (χ0) is 12.8. The number of halogens is 4. The molecule has 1 unspecified atom stereocenters. The molecule has 1 rings (SSSR count). The number of aliphatic hydroxyl groups is 2. The fraction of sp³-hybridized carbons (Fsp3) is 0.571. The van der Waals surface area contributed by atoms with Crippen molar-refractivity contribution in [2.45, 2.75) is 12.6 Å². The Morgan fingerprint density at radius 3 is 2.19 bits per heavy atom. The van der Waals surface area contributed by atoms with Crippen LogP contribution < -0.4 is 4.57 Å². The maximum absolute atomic E-state index is 9.75. The van der Waals surface area contributed by atoms with Crippen molar-refractivity contribution in [2.75, 3.05) is 6.61 Å². The number of aliphatic hydroxyl groups excluding tert-OH is 2. The van der Waals surface area contributed by atoms with Gasteiger partial charge in [-0.25, -0.2) is 9.13 Å². The average molecular weight is 244 g/mol. The van der Waals surface area contributed by atoms with Crippen molar-refractivity contribution in [3.8, 4) is 0 Å². The summed E-state index contributed by atoms with van der Waals surface area (Å²) >= 11 is 0. The van der Waals surface area contributed by atoms with Gasteiger partial charge in [-0.15, -0.1) is 0 Å². The van der Waals surface area contributed by atoms with Crippen LogP contribution in [0.4, 0.5) is 17.3 Å². The van der Waals surface area contributed by atoms with E-state index in [1.807, 2.05) is 34.9 Å². The van der Waals surface area contributed by atoms with Crippen LogP contribution in [0.25, 0.3) is 0 Å². The van der Waals surface area contributed by atoms with Crippen LogP contribution in [-0.4, -0.2) is 34.7 Å². The Hall–Kier alpha value is -1.09. The van der Waals surface area contributed by atoms with Crippen LogP contribution in [0.15, 0.2) is 18.7 Å². The van der Waals surface area contributed by atoms with Gasteiger partial charge < -0.3 is 27.5 Å². The third-order valence-corrected chi connectivity index (χ3v) is 1.46. The molecule has 1 heterocycles. The molecule has 94 valence electrons. The summed E-state index contributed by atoms with van der Waals surface area (Å²) in [5.41, 5.74) is 0. The van der Waals surface area contributed by atoms with Crippen LogP contribution in [0.2, 0.25) is 0 Å². The van der Waals surface area contributed by atoms with Crippen molar-refractivity contribution in [1.82, 2.24) is 4.57 Å². The van der Waals surface area contributed by atoms with Crippen LogP contribution in [-0.2, 0) is 13.6 Å². The molecule has 0 aliphatic carbocycles. The minimum Gasteiger partial charge on any atom is -0.418 e. The number of hydrogen-bond donors (Lipinski definition) is 2. The van der Waals surface area contributed by atoms with Gasteiger partial charge in [0.05, 0.1) is 13.7 Å². The molecule has 1 atom stereocenters. The van der Waals surface area contributed by atoms with E-state index in [4.69, 9.17) is 10.2 Å². The van der Waals surface area contributed by atoms with Crippen molar-refractivity contribution in [1.29, 1.82) is 0 Å². The van der Waals surface area contributed by atoms with E-state index in [0.717, 1.165) is 0 Å². The lowest BCUT2D eigenvalue weighted by molar-refractivity contribution is -0.671. The number of imidazole rings is 1. The molecule has 2 N–H and O–H groups in total. The second kappa shape index (κ2) is 6.49. The Labute approximate surface area is 89.9 Å². The highest BCUT2D eigenvalue weighted by Crippen LogP contribution is 2.06. The first kappa shape index (κ1) is 14.9. The van der Waals surface area contributed by atoms with Crippen molar-refractivity contribution < 1.29 is 32.0 Å². The normalized spacial score (nSPS) is 12.9. The molecule has 0 saturated carbocycles. The summed E-state index contributed by atoms with van der Waals surface area (Å²) in [6.07, 6.45) is 4.91. The minimum atomic E-state index is -6.00. The van der Waals surface area contributed by atoms with Crippen LogP contribution in [0, 0.1) is 0 Å². The van der Waals surface area contributed by atoms with E-state index in [2.05, 4.69) is 0 Å². The van der Waals surface area contributed by atoms with Crippen LogP contribution in [0.1, 0.15) is 0 Å². The molecule has 0 fully saturated rings. The monoisotopic (exact) mass is 244 g/mol. The Bertz CT molecular complexity index is 299. The first-order valence-corrected chi connectivity index (χ1v) is 4.39. The molecule has 1 aromatic heterocycles. The predicted octanol–water partition coefficient (Wildman–Crippen LogP) is -0.0342. The molecule has 0 aromatic carbocycles. The van der Waals surface area contributed by atoms with E-state index in [-0.39, 0.29) is 6.61 Å². The van der Waals surface area contributed by atoms with E-state index in [1.165, 1.54) is 0 Å². The summed E-state index contributed by atoms with van der Waals surface area (Å²) in [7, 11) is -4.10. The van der Waals surface area contributed by atoms with Crippen molar-refractivity contribution >= 4 is 7.25 Å². The van der Waals surface area contributed by atoms with E-state index in [1.54, 1.807) is 0 Å². The minimum absolute atomic E-state index is 0.193. The molecule has 0 saturated heterocycles. The number of aromatic nitrogens is 2. The zero-order valence-electron chi connectivity index (χ0n) is 8.60. The fourth-order valence-corrected chi connectivity index (χ4v) is 0.911. The van der Waals surface area contributed by atoms with Crippen molar-refractivity contribution in [3.05, 3.63) is 18.7 Å².